The van der Waals surface area contributed by atoms with Crippen molar-refractivity contribution in [3.63, 3.8) is 0 Å². The van der Waals surface area contributed by atoms with E-state index in [1.807, 2.05) is 84.5 Å². The number of rotatable bonds is 9. The van der Waals surface area contributed by atoms with Crippen LogP contribution < -0.4 is 10.6 Å². The molecule has 174 valence electrons. The Labute approximate surface area is 203 Å². The molecule has 3 aromatic carbocycles. The maximum Gasteiger partial charge on any atom is 0.251 e. The molecule has 0 spiro atoms. The van der Waals surface area contributed by atoms with Crippen molar-refractivity contribution in [2.45, 2.75) is 25.9 Å². The Hall–Kier alpha value is -3.58. The molecule has 2 amide bonds. The van der Waals surface area contributed by atoms with E-state index in [1.165, 1.54) is 0 Å². The molecule has 0 fully saturated rings. The molecule has 1 atom stereocenters. The number of para-hydroxylation sites is 2. The number of amides is 2. The van der Waals surface area contributed by atoms with Crippen molar-refractivity contribution in [3.05, 3.63) is 95.8 Å². The Morgan fingerprint density at radius 3 is 2.41 bits per heavy atom. The van der Waals surface area contributed by atoms with Crippen LogP contribution in [0.4, 0.5) is 5.69 Å². The summed E-state index contributed by atoms with van der Waals surface area (Å²) in [4.78, 5) is 30.8. The first-order valence-electron chi connectivity index (χ1n) is 11.2. The highest BCUT2D eigenvalue weighted by molar-refractivity contribution is 7.98. The first-order valence-corrected chi connectivity index (χ1v) is 12.6. The summed E-state index contributed by atoms with van der Waals surface area (Å²) in [7, 11) is 0. The molecule has 34 heavy (non-hydrogen) atoms. The maximum atomic E-state index is 13.0. The fourth-order valence-corrected chi connectivity index (χ4v) is 4.31. The van der Waals surface area contributed by atoms with Crippen LogP contribution in [0, 0.1) is 6.92 Å². The molecule has 6 nitrogen and oxygen atoms in total. The normalized spacial score (nSPS) is 11.8. The predicted octanol–water partition coefficient (Wildman–Crippen LogP) is 5.21. The highest BCUT2D eigenvalue weighted by Crippen LogP contribution is 2.25. The van der Waals surface area contributed by atoms with Gasteiger partial charge < -0.3 is 15.2 Å². The fraction of sp³-hybridized carbons (Fsp3) is 0.222. The van der Waals surface area contributed by atoms with Gasteiger partial charge in [0.25, 0.3) is 5.91 Å². The van der Waals surface area contributed by atoms with E-state index in [2.05, 4.69) is 10.6 Å². The van der Waals surface area contributed by atoms with Gasteiger partial charge in [-0.2, -0.15) is 11.8 Å². The number of aromatic nitrogens is 2. The van der Waals surface area contributed by atoms with Gasteiger partial charge in [0.2, 0.25) is 5.91 Å². The Morgan fingerprint density at radius 1 is 0.971 bits per heavy atom. The monoisotopic (exact) mass is 472 g/mol. The molecule has 0 saturated heterocycles. The number of nitrogens with one attached hydrogen (secondary N) is 2. The van der Waals surface area contributed by atoms with Gasteiger partial charge in [0.15, 0.2) is 0 Å². The number of nitrogens with zero attached hydrogens (tertiary/aromatic N) is 2. The summed E-state index contributed by atoms with van der Waals surface area (Å²) in [6.07, 6.45) is 2.73. The van der Waals surface area contributed by atoms with Gasteiger partial charge in [-0.05, 0) is 61.8 Å². The van der Waals surface area contributed by atoms with Gasteiger partial charge in [0, 0.05) is 11.3 Å². The molecule has 4 rings (SSSR count). The number of benzene rings is 3. The molecule has 1 aromatic heterocycles. The summed E-state index contributed by atoms with van der Waals surface area (Å²) >= 11 is 1.71. The summed E-state index contributed by atoms with van der Waals surface area (Å²) in [6, 6.07) is 24.3. The first-order chi connectivity index (χ1) is 16.5. The molecule has 1 unspecified atom stereocenters. The van der Waals surface area contributed by atoms with Crippen LogP contribution >= 0.6 is 11.8 Å². The third-order valence-electron chi connectivity index (χ3n) is 5.58. The van der Waals surface area contributed by atoms with Crippen molar-refractivity contribution in [1.29, 1.82) is 0 Å². The van der Waals surface area contributed by atoms with Crippen LogP contribution in [0.2, 0.25) is 0 Å². The lowest BCUT2D eigenvalue weighted by Gasteiger charge is -2.20. The number of hydrogen-bond acceptors (Lipinski definition) is 4. The van der Waals surface area contributed by atoms with Crippen LogP contribution in [-0.4, -0.2) is 33.4 Å². The molecule has 4 aromatic rings. The zero-order chi connectivity index (χ0) is 23.9. The minimum Gasteiger partial charge on any atom is -0.342 e. The van der Waals surface area contributed by atoms with E-state index >= 15 is 0 Å². The molecular formula is C27H28N4O2S. The number of aryl methyl sites for hydroxylation is 1. The van der Waals surface area contributed by atoms with Gasteiger partial charge in [-0.15, -0.1) is 0 Å². The molecule has 0 aliphatic heterocycles. The number of fused-ring (bicyclic) bond motifs is 1. The second kappa shape index (κ2) is 11.0. The predicted molar refractivity (Wildman–Crippen MR) is 139 cm³/mol. The SMILES string of the molecule is CSCCC(NC(=O)c1ccccc1)c1nc2ccccc2n1CC(=O)Nc1ccc(C)cc1. The largest absolute Gasteiger partial charge is 0.342 e. The van der Waals surface area contributed by atoms with Gasteiger partial charge in [0.05, 0.1) is 17.1 Å². The van der Waals surface area contributed by atoms with Crippen LogP contribution in [0.15, 0.2) is 78.9 Å². The van der Waals surface area contributed by atoms with Crippen molar-refractivity contribution in [2.75, 3.05) is 17.3 Å². The standard InChI is InChI=1S/C27H28N4O2S/c1-19-12-14-21(15-13-19)28-25(32)18-31-24-11-7-6-10-22(24)29-26(31)23(16-17-34-2)30-27(33)20-8-4-3-5-9-20/h3-15,23H,16-18H2,1-2H3,(H,28,32)(H,30,33). The fourth-order valence-electron chi connectivity index (χ4n) is 3.84. The van der Waals surface area contributed by atoms with Gasteiger partial charge in [-0.25, -0.2) is 4.98 Å². The third-order valence-corrected chi connectivity index (χ3v) is 6.23. The van der Waals surface area contributed by atoms with Crippen LogP contribution in [0.1, 0.15) is 34.2 Å². The van der Waals surface area contributed by atoms with Gasteiger partial charge in [-0.3, -0.25) is 9.59 Å². The van der Waals surface area contributed by atoms with Gasteiger partial charge in [0.1, 0.15) is 12.4 Å². The minimum atomic E-state index is -0.334. The Kier molecular flexibility index (Phi) is 7.65. The topological polar surface area (TPSA) is 76.0 Å². The highest BCUT2D eigenvalue weighted by Gasteiger charge is 2.23. The Balaban J connectivity index is 1.64. The molecule has 0 bridgehead atoms. The summed E-state index contributed by atoms with van der Waals surface area (Å²) in [6.45, 7) is 2.11. The molecule has 7 heteroatoms. The molecule has 1 heterocycles. The Morgan fingerprint density at radius 2 is 1.68 bits per heavy atom. The molecule has 0 aliphatic carbocycles. The second-order valence-electron chi connectivity index (χ2n) is 8.13. The maximum absolute atomic E-state index is 13.0. The summed E-state index contributed by atoms with van der Waals surface area (Å²) < 4.78 is 1.91. The molecule has 0 saturated carbocycles. The van der Waals surface area contributed by atoms with Crippen molar-refractivity contribution in [3.8, 4) is 0 Å². The van der Waals surface area contributed by atoms with Crippen LogP contribution in [-0.2, 0) is 11.3 Å². The summed E-state index contributed by atoms with van der Waals surface area (Å²) in [5.74, 6) is 1.22. The van der Waals surface area contributed by atoms with E-state index in [4.69, 9.17) is 4.98 Å². The van der Waals surface area contributed by atoms with E-state index < -0.39 is 0 Å². The minimum absolute atomic E-state index is 0.0979. The molecule has 0 aliphatic rings. The van der Waals surface area contributed by atoms with E-state index in [0.29, 0.717) is 17.8 Å². The molecule has 0 radical (unpaired) electrons. The highest BCUT2D eigenvalue weighted by atomic mass is 32.2. The van der Waals surface area contributed by atoms with Crippen LogP contribution in [0.5, 0.6) is 0 Å². The smallest absolute Gasteiger partial charge is 0.251 e. The van der Waals surface area contributed by atoms with Crippen molar-refractivity contribution < 1.29 is 9.59 Å². The van der Waals surface area contributed by atoms with E-state index in [-0.39, 0.29) is 24.4 Å². The van der Waals surface area contributed by atoms with Crippen molar-refractivity contribution in [2.24, 2.45) is 0 Å². The van der Waals surface area contributed by atoms with E-state index in [9.17, 15) is 9.59 Å². The number of carbonyl (C=O) groups excluding carboxylic acids is 2. The lowest BCUT2D eigenvalue weighted by atomic mass is 10.1. The Bertz CT molecular complexity index is 1270. The van der Waals surface area contributed by atoms with Crippen LogP contribution in [0.25, 0.3) is 11.0 Å². The summed E-state index contributed by atoms with van der Waals surface area (Å²) in [5, 5.41) is 6.12. The van der Waals surface area contributed by atoms with E-state index in [1.54, 1.807) is 23.9 Å². The molecule has 2 N–H and O–H groups in total. The average molecular weight is 473 g/mol. The second-order valence-corrected chi connectivity index (χ2v) is 9.12. The first kappa shape index (κ1) is 23.6. The number of thioether (sulfide) groups is 1. The zero-order valence-electron chi connectivity index (χ0n) is 19.3. The average Bonchev–Trinajstić information content (AvgIpc) is 3.21. The third kappa shape index (κ3) is 5.66. The number of anilines is 1. The quantitative estimate of drug-likeness (QED) is 0.351. The van der Waals surface area contributed by atoms with E-state index in [0.717, 1.165) is 28.0 Å². The number of carbonyl (C=O) groups is 2. The van der Waals surface area contributed by atoms with Crippen LogP contribution in [0.3, 0.4) is 0 Å². The number of hydrogen-bond donors (Lipinski definition) is 2. The van der Waals surface area contributed by atoms with Gasteiger partial charge >= 0.3 is 0 Å². The molecular weight excluding hydrogens is 444 g/mol. The lowest BCUT2D eigenvalue weighted by molar-refractivity contribution is -0.116. The summed E-state index contributed by atoms with van der Waals surface area (Å²) in [5.41, 5.74) is 4.13. The van der Waals surface area contributed by atoms with Gasteiger partial charge in [-0.1, -0.05) is 48.0 Å². The lowest BCUT2D eigenvalue weighted by Crippen LogP contribution is -2.32. The van der Waals surface area contributed by atoms with Crippen molar-refractivity contribution >= 4 is 40.3 Å². The number of imidazole rings is 1. The zero-order valence-corrected chi connectivity index (χ0v) is 20.1. The van der Waals surface area contributed by atoms with Crippen molar-refractivity contribution in [1.82, 2.24) is 14.9 Å².